The van der Waals surface area contributed by atoms with Gasteiger partial charge in [-0.1, -0.05) is 30.3 Å². The number of fused-ring (bicyclic) bond motifs is 2. The summed E-state index contributed by atoms with van der Waals surface area (Å²) >= 11 is 0. The molecule has 7 heteroatoms. The molecule has 0 radical (unpaired) electrons. The molecule has 0 unspecified atom stereocenters. The second kappa shape index (κ2) is 5.54. The maximum Gasteiger partial charge on any atom is 0.274 e. The van der Waals surface area contributed by atoms with Crippen molar-refractivity contribution in [2.45, 2.75) is 0 Å². The molecule has 0 aliphatic carbocycles. The third-order valence-electron chi connectivity index (χ3n) is 3.68. The van der Waals surface area contributed by atoms with Crippen LogP contribution in [0.2, 0.25) is 0 Å². The van der Waals surface area contributed by atoms with Crippen LogP contribution in [0.3, 0.4) is 0 Å². The summed E-state index contributed by atoms with van der Waals surface area (Å²) in [5.74, 6) is -0.521. The Morgan fingerprint density at radius 1 is 1.00 bits per heavy atom. The maximum absolute atomic E-state index is 12.4. The van der Waals surface area contributed by atoms with E-state index in [0.29, 0.717) is 16.9 Å². The van der Waals surface area contributed by atoms with Crippen LogP contribution in [0.25, 0.3) is 10.9 Å². The lowest BCUT2D eigenvalue weighted by Crippen LogP contribution is -2.48. The van der Waals surface area contributed by atoms with Gasteiger partial charge in [0, 0.05) is 10.9 Å². The summed E-state index contributed by atoms with van der Waals surface area (Å²) in [5, 5.41) is 3.59. The fraction of sp³-hybridized carbons (Fsp3) is 0. The molecule has 2 aromatic carbocycles. The van der Waals surface area contributed by atoms with Gasteiger partial charge in [-0.2, -0.15) is 0 Å². The van der Waals surface area contributed by atoms with Crippen molar-refractivity contribution in [3.63, 3.8) is 0 Å². The van der Waals surface area contributed by atoms with Crippen molar-refractivity contribution in [1.29, 1.82) is 0 Å². The van der Waals surface area contributed by atoms with Crippen LogP contribution in [0, 0.1) is 0 Å². The average molecular weight is 319 g/mol. The zero-order chi connectivity index (χ0) is 16.5. The molecular formula is C17H13N5O2. The second-order valence-corrected chi connectivity index (χ2v) is 5.28. The molecule has 1 aromatic heterocycles. The van der Waals surface area contributed by atoms with Crippen molar-refractivity contribution in [3.8, 4) is 0 Å². The summed E-state index contributed by atoms with van der Waals surface area (Å²) in [5.41, 5.74) is 7.30. The number of aromatic amines is 1. The summed E-state index contributed by atoms with van der Waals surface area (Å²) in [6, 6.07) is 16.3. The third kappa shape index (κ3) is 2.48. The SMILES string of the molecule is O=C(NC1=Nc2ccccc2C(=O)NN1)c1cc2ccccc2[nH]1. The van der Waals surface area contributed by atoms with E-state index in [0.717, 1.165) is 10.9 Å². The number of carbonyl (C=O) groups excluding carboxylic acids is 2. The first-order chi connectivity index (χ1) is 11.7. The maximum atomic E-state index is 12.4. The summed E-state index contributed by atoms with van der Waals surface area (Å²) < 4.78 is 0. The number of amides is 2. The largest absolute Gasteiger partial charge is 0.351 e. The summed E-state index contributed by atoms with van der Waals surface area (Å²) in [4.78, 5) is 31.7. The highest BCUT2D eigenvalue weighted by atomic mass is 16.2. The molecular weight excluding hydrogens is 306 g/mol. The summed E-state index contributed by atoms with van der Waals surface area (Å²) in [6.45, 7) is 0. The van der Waals surface area contributed by atoms with Gasteiger partial charge in [-0.25, -0.2) is 4.99 Å². The molecule has 1 aliphatic rings. The Bertz CT molecular complexity index is 956. The van der Waals surface area contributed by atoms with Crippen LogP contribution in [0.5, 0.6) is 0 Å². The first-order valence-electron chi connectivity index (χ1n) is 7.34. The Balaban J connectivity index is 1.62. The van der Waals surface area contributed by atoms with E-state index in [-0.39, 0.29) is 17.8 Å². The van der Waals surface area contributed by atoms with Gasteiger partial charge in [-0.3, -0.25) is 25.8 Å². The Labute approximate surface area is 136 Å². The van der Waals surface area contributed by atoms with Gasteiger partial charge in [0.25, 0.3) is 11.8 Å². The van der Waals surface area contributed by atoms with Gasteiger partial charge in [0.1, 0.15) is 5.69 Å². The van der Waals surface area contributed by atoms with Crippen LogP contribution >= 0.6 is 0 Å². The monoisotopic (exact) mass is 319 g/mol. The van der Waals surface area contributed by atoms with Gasteiger partial charge in [-0.05, 0) is 24.3 Å². The number of aliphatic imine (C=N–C) groups is 1. The van der Waals surface area contributed by atoms with Gasteiger partial charge >= 0.3 is 0 Å². The average Bonchev–Trinajstić information content (AvgIpc) is 2.97. The number of rotatable bonds is 1. The van der Waals surface area contributed by atoms with Gasteiger partial charge in [-0.15, -0.1) is 0 Å². The van der Waals surface area contributed by atoms with Crippen LogP contribution in [0.4, 0.5) is 5.69 Å². The molecule has 3 aromatic rings. The van der Waals surface area contributed by atoms with Crippen LogP contribution < -0.4 is 16.2 Å². The number of carbonyl (C=O) groups is 2. The number of nitrogens with zero attached hydrogens (tertiary/aromatic N) is 1. The standard InChI is InChI=1S/C17H13N5O2/c23-15-11-6-2-4-8-13(11)19-17(22-21-15)20-16(24)14-9-10-5-1-3-7-12(10)18-14/h1-9,18H,(H,21,23)(H2,19,20,22,24). The zero-order valence-corrected chi connectivity index (χ0v) is 12.5. The van der Waals surface area contributed by atoms with Crippen molar-refractivity contribution in [2.75, 3.05) is 0 Å². The number of aromatic nitrogens is 1. The lowest BCUT2D eigenvalue weighted by atomic mass is 10.2. The molecule has 7 nitrogen and oxygen atoms in total. The van der Waals surface area contributed by atoms with Gasteiger partial charge < -0.3 is 4.98 Å². The second-order valence-electron chi connectivity index (χ2n) is 5.28. The van der Waals surface area contributed by atoms with Crippen molar-refractivity contribution >= 4 is 34.4 Å². The molecule has 4 N–H and O–H groups in total. The van der Waals surface area contributed by atoms with Crippen molar-refractivity contribution in [3.05, 3.63) is 65.9 Å². The molecule has 0 saturated carbocycles. The lowest BCUT2D eigenvalue weighted by Gasteiger charge is -2.08. The molecule has 0 saturated heterocycles. The van der Waals surface area contributed by atoms with Crippen molar-refractivity contribution in [2.24, 2.45) is 4.99 Å². The smallest absolute Gasteiger partial charge is 0.274 e. The van der Waals surface area contributed by atoms with E-state index in [1.54, 1.807) is 30.3 Å². The van der Waals surface area contributed by atoms with E-state index < -0.39 is 0 Å². The molecule has 0 atom stereocenters. The molecule has 2 heterocycles. The lowest BCUT2D eigenvalue weighted by molar-refractivity contribution is 0.0935. The zero-order valence-electron chi connectivity index (χ0n) is 12.5. The molecule has 4 rings (SSSR count). The highest BCUT2D eigenvalue weighted by Crippen LogP contribution is 2.19. The summed E-state index contributed by atoms with van der Waals surface area (Å²) in [7, 11) is 0. The number of guanidine groups is 1. The van der Waals surface area contributed by atoms with Crippen LogP contribution in [0.15, 0.2) is 59.6 Å². The molecule has 2 amide bonds. The van der Waals surface area contributed by atoms with Crippen LogP contribution in [-0.4, -0.2) is 22.8 Å². The Hall–Kier alpha value is -3.61. The highest BCUT2D eigenvalue weighted by molar-refractivity contribution is 6.10. The topological polar surface area (TPSA) is 98.4 Å². The van der Waals surface area contributed by atoms with E-state index in [1.165, 1.54) is 0 Å². The molecule has 0 fully saturated rings. The Morgan fingerprint density at radius 3 is 2.67 bits per heavy atom. The number of nitrogens with one attached hydrogen (secondary N) is 4. The number of para-hydroxylation sites is 2. The Morgan fingerprint density at radius 2 is 1.79 bits per heavy atom. The van der Waals surface area contributed by atoms with Gasteiger partial charge in [0.15, 0.2) is 0 Å². The number of hydrazine groups is 1. The van der Waals surface area contributed by atoms with E-state index in [4.69, 9.17) is 0 Å². The third-order valence-corrected chi connectivity index (χ3v) is 3.68. The molecule has 0 spiro atoms. The molecule has 24 heavy (non-hydrogen) atoms. The normalized spacial score (nSPS) is 13.3. The van der Waals surface area contributed by atoms with Crippen LogP contribution in [0.1, 0.15) is 20.8 Å². The minimum absolute atomic E-state index is 0.150. The Kier molecular flexibility index (Phi) is 3.24. The van der Waals surface area contributed by atoms with E-state index in [1.807, 2.05) is 24.3 Å². The van der Waals surface area contributed by atoms with Crippen LogP contribution in [-0.2, 0) is 0 Å². The molecule has 118 valence electrons. The van der Waals surface area contributed by atoms with E-state index >= 15 is 0 Å². The van der Waals surface area contributed by atoms with Gasteiger partial charge in [0.05, 0.1) is 11.3 Å². The first kappa shape index (κ1) is 14.0. The van der Waals surface area contributed by atoms with Crippen molar-refractivity contribution < 1.29 is 9.59 Å². The molecule has 0 bridgehead atoms. The number of hydrogen-bond donors (Lipinski definition) is 4. The van der Waals surface area contributed by atoms with Crippen molar-refractivity contribution in [1.82, 2.24) is 21.2 Å². The number of hydrogen-bond acceptors (Lipinski definition) is 4. The number of benzene rings is 2. The predicted octanol–water partition coefficient (Wildman–Crippen LogP) is 1.83. The van der Waals surface area contributed by atoms with E-state index in [9.17, 15) is 9.59 Å². The van der Waals surface area contributed by atoms with E-state index in [2.05, 4.69) is 26.1 Å². The highest BCUT2D eigenvalue weighted by Gasteiger charge is 2.18. The minimum Gasteiger partial charge on any atom is -0.351 e. The minimum atomic E-state index is -0.355. The predicted molar refractivity (Wildman–Crippen MR) is 89.9 cm³/mol. The first-order valence-corrected chi connectivity index (χ1v) is 7.34. The fourth-order valence-corrected chi connectivity index (χ4v) is 2.52. The number of H-pyrrole nitrogens is 1. The molecule has 1 aliphatic heterocycles. The van der Waals surface area contributed by atoms with Gasteiger partial charge in [0.2, 0.25) is 5.96 Å². The quantitative estimate of drug-likeness (QED) is 0.551. The summed E-state index contributed by atoms with van der Waals surface area (Å²) in [6.07, 6.45) is 0. The fourth-order valence-electron chi connectivity index (χ4n) is 2.52.